The number of morpholine rings is 1. The van der Waals surface area contributed by atoms with Crippen LogP contribution in [-0.2, 0) is 75.7 Å². The highest BCUT2D eigenvalue weighted by molar-refractivity contribution is 7.66. The Labute approximate surface area is 458 Å². The summed E-state index contributed by atoms with van der Waals surface area (Å²) in [7, 11) is -21.1. The van der Waals surface area contributed by atoms with E-state index in [1.54, 1.807) is 0 Å². The number of methoxy groups -OCH3 is 1. The number of H-pyrrole nitrogens is 2. The van der Waals surface area contributed by atoms with Gasteiger partial charge in [0.05, 0.1) is 58.8 Å². The molecule has 14 N–H and O–H groups in total. The van der Waals surface area contributed by atoms with Crippen molar-refractivity contribution in [2.45, 2.75) is 73.9 Å². The minimum absolute atomic E-state index is 0.00339. The van der Waals surface area contributed by atoms with Gasteiger partial charge < -0.3 is 84.8 Å². The van der Waals surface area contributed by atoms with Crippen LogP contribution in [0.15, 0.2) is 34.9 Å². The number of hydrogen-bond donors (Lipinski definition) is 11. The van der Waals surface area contributed by atoms with E-state index in [0.29, 0.717) is 32.8 Å². The van der Waals surface area contributed by atoms with Crippen molar-refractivity contribution in [1.29, 1.82) is 0 Å². The van der Waals surface area contributed by atoms with Crippen molar-refractivity contribution in [3.8, 4) is 0 Å². The first-order valence-corrected chi connectivity index (χ1v) is 30.3. The van der Waals surface area contributed by atoms with E-state index in [2.05, 4.69) is 48.5 Å². The molecule has 6 aromatic rings. The third-order valence-electron chi connectivity index (χ3n) is 13.6. The van der Waals surface area contributed by atoms with E-state index in [1.165, 1.54) is 27.1 Å². The molecule has 4 saturated heterocycles. The number of imidazole rings is 3. The molecule has 450 valence electrons. The van der Waals surface area contributed by atoms with Gasteiger partial charge in [-0.3, -0.25) is 51.8 Å². The predicted octanol–water partition coefficient (Wildman–Crippen LogP) is -4.36. The molecule has 0 saturated carbocycles. The SMILES string of the molecule is CO[C@@H]1[C@H](OP(=O)([O-])OC[C@H]2O[C@@H](n3cnc4c(=O)[nH]c(N)nc43)[C@H](O)[C@@H]2O)[C@@H](COP(=O)(O)OP(=O)(O)OP(=O)(O)OC[C@H]2O[C@H]([n+]3cn(C)c4c(=O)[nH]c(N)nc43)[C@H](O)[C@@H]2CCN2CCOCC2)O[C@H]1n1cnc2c(N)ncnc21. The van der Waals surface area contributed by atoms with Crippen molar-refractivity contribution in [3.63, 3.8) is 0 Å². The molecular weight excluding hydrogens is 1190 g/mol. The molecule has 6 aromatic heterocycles. The van der Waals surface area contributed by atoms with Crippen molar-refractivity contribution in [2.75, 3.05) is 77.0 Å². The lowest BCUT2D eigenvalue weighted by molar-refractivity contribution is -0.745. The summed E-state index contributed by atoms with van der Waals surface area (Å²) in [6.07, 6.45) is -12.8. The van der Waals surface area contributed by atoms with Crippen molar-refractivity contribution in [3.05, 3.63) is 46.0 Å². The monoisotopic (exact) mass is 1240 g/mol. The number of nitrogens with one attached hydrogen (secondary N) is 2. The molecule has 0 aliphatic carbocycles. The number of ether oxygens (including phenoxy) is 5. The largest absolute Gasteiger partial charge is 0.756 e. The van der Waals surface area contributed by atoms with E-state index in [4.69, 9.17) is 59.0 Å². The van der Waals surface area contributed by atoms with Crippen LogP contribution in [0, 0.1) is 5.92 Å². The van der Waals surface area contributed by atoms with Gasteiger partial charge in [-0.25, -0.2) is 38.2 Å². The average molecular weight is 1240 g/mol. The zero-order valence-corrected chi connectivity index (χ0v) is 46.2. The van der Waals surface area contributed by atoms with Crippen molar-refractivity contribution < 1.29 is 108 Å². The molecule has 40 nitrogen and oxygen atoms in total. The fourth-order valence-electron chi connectivity index (χ4n) is 9.88. The molecule has 4 fully saturated rings. The molecule has 10 rings (SSSR count). The molecule has 10 heterocycles. The van der Waals surface area contributed by atoms with Gasteiger partial charge in [-0.1, -0.05) is 4.98 Å². The van der Waals surface area contributed by atoms with Gasteiger partial charge in [-0.05, 0) is 13.0 Å². The quantitative estimate of drug-likeness (QED) is 0.0226. The lowest BCUT2D eigenvalue weighted by Gasteiger charge is -2.31. The van der Waals surface area contributed by atoms with Crippen molar-refractivity contribution in [2.24, 2.45) is 13.0 Å². The molecule has 4 aliphatic rings. The molecule has 16 atom stereocenters. The van der Waals surface area contributed by atoms with Gasteiger partial charge in [0.25, 0.3) is 24.9 Å². The summed E-state index contributed by atoms with van der Waals surface area (Å²) >= 11 is 0. The fraction of sp³-hybridized carbons (Fsp3) is 0.605. The van der Waals surface area contributed by atoms with E-state index in [0.717, 1.165) is 30.7 Å². The number of aromatic nitrogens is 12. The smallest absolute Gasteiger partial charge is 0.490 e. The summed E-state index contributed by atoms with van der Waals surface area (Å²) in [5, 5.41) is 33.5. The molecular formula is C38H54N16O24P4. The van der Waals surface area contributed by atoms with Crippen LogP contribution in [0.1, 0.15) is 25.1 Å². The van der Waals surface area contributed by atoms with Crippen LogP contribution >= 0.6 is 31.3 Å². The van der Waals surface area contributed by atoms with Crippen LogP contribution < -0.4 is 37.8 Å². The second-order valence-electron chi connectivity index (χ2n) is 18.9. The molecule has 0 bridgehead atoms. The minimum Gasteiger partial charge on any atom is -0.756 e. The Balaban J connectivity index is 0.813. The zero-order chi connectivity index (χ0) is 58.8. The Kier molecular flexibility index (Phi) is 17.1. The Bertz CT molecular complexity index is 3660. The highest BCUT2D eigenvalue weighted by Gasteiger charge is 2.53. The molecule has 0 spiro atoms. The molecule has 4 aliphatic heterocycles. The van der Waals surface area contributed by atoms with Crippen LogP contribution in [0.2, 0.25) is 0 Å². The first-order valence-electron chi connectivity index (χ1n) is 24.3. The molecule has 0 radical (unpaired) electrons. The number of nitrogen functional groups attached to an aromatic ring is 3. The van der Waals surface area contributed by atoms with Gasteiger partial charge in [-0.15, -0.1) is 0 Å². The molecule has 82 heavy (non-hydrogen) atoms. The number of phosphoric acid groups is 4. The molecule has 44 heteroatoms. The Morgan fingerprint density at radius 2 is 1.37 bits per heavy atom. The first kappa shape index (κ1) is 60.0. The normalized spacial score (nSPS) is 30.3. The van der Waals surface area contributed by atoms with Crippen LogP contribution in [0.25, 0.3) is 33.5 Å². The third-order valence-corrected chi connectivity index (χ3v) is 18.8. The molecule has 0 aromatic carbocycles. The van der Waals surface area contributed by atoms with Gasteiger partial charge in [-0.2, -0.15) is 13.6 Å². The summed E-state index contributed by atoms with van der Waals surface area (Å²) in [5.41, 5.74) is 15.9. The van der Waals surface area contributed by atoms with E-state index >= 15 is 0 Å². The van der Waals surface area contributed by atoms with Gasteiger partial charge in [0, 0.05) is 26.1 Å². The van der Waals surface area contributed by atoms with Crippen LogP contribution in [-0.4, -0.2) is 197 Å². The van der Waals surface area contributed by atoms with Crippen molar-refractivity contribution in [1.82, 2.24) is 58.5 Å². The topological polar surface area (TPSA) is 557 Å². The van der Waals surface area contributed by atoms with Gasteiger partial charge in [0.2, 0.25) is 17.7 Å². The predicted molar refractivity (Wildman–Crippen MR) is 266 cm³/mol. The number of hydrogen-bond acceptors (Lipinski definition) is 31. The number of fused-ring (bicyclic) bond motifs is 3. The summed E-state index contributed by atoms with van der Waals surface area (Å²) in [6, 6.07) is 0. The van der Waals surface area contributed by atoms with Gasteiger partial charge >= 0.3 is 29.1 Å². The Morgan fingerprint density at radius 1 is 0.744 bits per heavy atom. The van der Waals surface area contributed by atoms with Gasteiger partial charge in [0.15, 0.2) is 41.4 Å². The number of aromatic amines is 2. The summed E-state index contributed by atoms with van der Waals surface area (Å²) in [5.74, 6) is -1.54. The number of anilines is 3. The van der Waals surface area contributed by atoms with E-state index < -0.39 is 136 Å². The van der Waals surface area contributed by atoms with Crippen LogP contribution in [0.4, 0.5) is 17.7 Å². The molecule has 4 unspecified atom stereocenters. The third kappa shape index (κ3) is 12.5. The maximum atomic E-state index is 13.7. The van der Waals surface area contributed by atoms with Crippen LogP contribution in [0.5, 0.6) is 0 Å². The zero-order valence-electron chi connectivity index (χ0n) is 42.6. The second kappa shape index (κ2) is 23.3. The number of nitrogens with zero attached hydrogens (tertiary/aromatic N) is 11. The summed E-state index contributed by atoms with van der Waals surface area (Å²) in [6.45, 7) is -0.860. The maximum Gasteiger partial charge on any atom is 0.490 e. The van der Waals surface area contributed by atoms with Gasteiger partial charge in [0.1, 0.15) is 54.6 Å². The fourth-order valence-corrected chi connectivity index (χ4v) is 14.3. The lowest BCUT2D eigenvalue weighted by Crippen LogP contribution is -2.45. The average Bonchev–Trinajstić information content (AvgIpc) is 3.91. The highest BCUT2D eigenvalue weighted by atomic mass is 31.3. The minimum atomic E-state index is -6.20. The molecule has 0 amide bonds. The Hall–Kier alpha value is -5.19. The van der Waals surface area contributed by atoms with E-state index in [1.807, 2.05) is 4.90 Å². The van der Waals surface area contributed by atoms with E-state index in [9.17, 15) is 62.7 Å². The number of rotatable bonds is 22. The number of aliphatic hydroxyl groups is 3. The lowest BCUT2D eigenvalue weighted by atomic mass is 9.94. The second-order valence-corrected chi connectivity index (χ2v) is 24.9. The first-order chi connectivity index (χ1) is 38.7. The summed E-state index contributed by atoms with van der Waals surface area (Å²) < 4.78 is 117. The highest BCUT2D eigenvalue weighted by Crippen LogP contribution is 2.68. The Morgan fingerprint density at radius 3 is 2.06 bits per heavy atom. The van der Waals surface area contributed by atoms with E-state index in [-0.39, 0.29) is 57.6 Å². The number of nitrogens with two attached hydrogens (primary N) is 3. The van der Waals surface area contributed by atoms with Crippen LogP contribution in [0.3, 0.4) is 0 Å². The number of aliphatic hydroxyl groups excluding tert-OH is 3. The van der Waals surface area contributed by atoms with Crippen molar-refractivity contribution >= 4 is 82.5 Å². The maximum absolute atomic E-state index is 13.7. The number of phosphoric ester groups is 3. The summed E-state index contributed by atoms with van der Waals surface area (Å²) in [4.78, 5) is 102. The standard InChI is InChI=1S/C38H54N16O24P4/c1-50-15-54(31-22(50)33(59)49-38(41)47-31)34-23(55)16(3-4-51-5-7-69-8-6-51)17(73-34)9-71-80(62,63)77-82(66,67)78-81(64,65)72-11-19-26(27(68-2)36(75-19)52-13-44-20-28(39)42-12-43-29(20)52)76-79(60,61)70-10-18-24(56)25(57)35(74-18)53-14-45-21-30(53)46-37(40)48-32(21)58/h12-19,23-27,34-36,55-57H,3-11H2,1-2H3,(H11-,39,40,41,42,43,46,47,48,49,58,59,60,61,62,63,64,65,66,67)/t16-,17-,18-,19-,23-,24-,25-,26-,27-,34+,35-,36-/m1/s1. The number of aryl methyl sites for hydroxylation is 1.